The molecule has 1 aliphatic heterocycles. The maximum absolute atomic E-state index is 10.5. The number of benzene rings is 2. The molecule has 6 nitrogen and oxygen atoms in total. The van der Waals surface area contributed by atoms with Crippen molar-refractivity contribution in [3.8, 4) is 11.5 Å². The minimum Gasteiger partial charge on any atom is -0.493 e. The van der Waals surface area contributed by atoms with Crippen molar-refractivity contribution in [2.24, 2.45) is 5.92 Å². The van der Waals surface area contributed by atoms with E-state index in [1.165, 1.54) is 5.56 Å². The number of fused-ring (bicyclic) bond motifs is 1. The van der Waals surface area contributed by atoms with Crippen LogP contribution in [0.1, 0.15) is 23.7 Å². The molecule has 1 aliphatic rings. The van der Waals surface area contributed by atoms with Gasteiger partial charge in [0.1, 0.15) is 11.5 Å². The predicted molar refractivity (Wildman–Crippen MR) is 96.7 cm³/mol. The lowest BCUT2D eigenvalue weighted by molar-refractivity contribution is 0.155. The molecule has 1 heterocycles. The number of carbonyl (C=O) groups is 1. The number of rotatable bonds is 7. The summed E-state index contributed by atoms with van der Waals surface area (Å²) < 4.78 is 11.7. The SMILES string of the molecule is O=C(O)NCC[C@@H](O)c1cccc(OCC2COc3ccccc3C2)c1. The van der Waals surface area contributed by atoms with E-state index in [0.29, 0.717) is 30.9 Å². The number of amides is 1. The molecule has 2 aromatic carbocycles. The van der Waals surface area contributed by atoms with Gasteiger partial charge < -0.3 is 25.0 Å². The lowest BCUT2D eigenvalue weighted by Gasteiger charge is -2.25. The van der Waals surface area contributed by atoms with E-state index in [-0.39, 0.29) is 12.5 Å². The van der Waals surface area contributed by atoms with Crippen LogP contribution in [-0.4, -0.2) is 36.1 Å². The first kappa shape index (κ1) is 18.1. The van der Waals surface area contributed by atoms with E-state index in [2.05, 4.69) is 11.4 Å². The third-order valence-corrected chi connectivity index (χ3v) is 4.38. The van der Waals surface area contributed by atoms with Crippen LogP contribution in [0.15, 0.2) is 48.5 Å². The number of ether oxygens (including phenoxy) is 2. The second-order valence-corrected chi connectivity index (χ2v) is 6.41. The highest BCUT2D eigenvalue weighted by atomic mass is 16.5. The van der Waals surface area contributed by atoms with Crippen molar-refractivity contribution in [2.75, 3.05) is 19.8 Å². The van der Waals surface area contributed by atoms with Gasteiger partial charge in [0.15, 0.2) is 0 Å². The largest absolute Gasteiger partial charge is 0.493 e. The quantitative estimate of drug-likeness (QED) is 0.709. The molecule has 2 aromatic rings. The Labute approximate surface area is 152 Å². The van der Waals surface area contributed by atoms with Gasteiger partial charge in [0.2, 0.25) is 0 Å². The fourth-order valence-corrected chi connectivity index (χ4v) is 3.01. The molecule has 0 radical (unpaired) electrons. The first-order chi connectivity index (χ1) is 12.6. The van der Waals surface area contributed by atoms with Gasteiger partial charge in [-0.05, 0) is 42.2 Å². The second-order valence-electron chi connectivity index (χ2n) is 6.41. The molecule has 6 heteroatoms. The molecule has 0 aromatic heterocycles. The summed E-state index contributed by atoms with van der Waals surface area (Å²) in [6.07, 6.45) is -0.608. The monoisotopic (exact) mass is 357 g/mol. The van der Waals surface area contributed by atoms with Gasteiger partial charge in [0.05, 0.1) is 19.3 Å². The maximum atomic E-state index is 10.5. The van der Waals surface area contributed by atoms with Crippen LogP contribution in [0.3, 0.4) is 0 Å². The topological polar surface area (TPSA) is 88.0 Å². The molecule has 0 saturated carbocycles. The summed E-state index contributed by atoms with van der Waals surface area (Å²) in [5.41, 5.74) is 1.90. The van der Waals surface area contributed by atoms with E-state index in [4.69, 9.17) is 14.6 Å². The molecule has 0 saturated heterocycles. The zero-order valence-corrected chi connectivity index (χ0v) is 14.4. The first-order valence-electron chi connectivity index (χ1n) is 8.70. The molecule has 0 fully saturated rings. The maximum Gasteiger partial charge on any atom is 0.404 e. The number of carboxylic acid groups (broad SMARTS) is 1. The second kappa shape index (κ2) is 8.58. The van der Waals surface area contributed by atoms with Crippen molar-refractivity contribution in [3.63, 3.8) is 0 Å². The van der Waals surface area contributed by atoms with E-state index in [9.17, 15) is 9.90 Å². The molecule has 0 spiro atoms. The molecule has 0 bridgehead atoms. The highest BCUT2D eigenvalue weighted by Crippen LogP contribution is 2.28. The van der Waals surface area contributed by atoms with E-state index in [1.54, 1.807) is 12.1 Å². The zero-order chi connectivity index (χ0) is 18.4. The van der Waals surface area contributed by atoms with Crippen LogP contribution in [0.25, 0.3) is 0 Å². The average Bonchev–Trinajstić information content (AvgIpc) is 2.66. The molecule has 26 heavy (non-hydrogen) atoms. The highest BCUT2D eigenvalue weighted by Gasteiger charge is 2.20. The molecule has 0 aliphatic carbocycles. The summed E-state index contributed by atoms with van der Waals surface area (Å²) in [4.78, 5) is 10.5. The van der Waals surface area contributed by atoms with Crippen LogP contribution in [-0.2, 0) is 6.42 Å². The molecular formula is C20H23NO5. The van der Waals surface area contributed by atoms with Crippen molar-refractivity contribution in [3.05, 3.63) is 59.7 Å². The van der Waals surface area contributed by atoms with Crippen molar-refractivity contribution >= 4 is 6.09 Å². The number of para-hydroxylation sites is 1. The Balaban J connectivity index is 1.52. The van der Waals surface area contributed by atoms with E-state index in [0.717, 1.165) is 12.2 Å². The molecule has 138 valence electrons. The van der Waals surface area contributed by atoms with Crippen LogP contribution < -0.4 is 14.8 Å². The summed E-state index contributed by atoms with van der Waals surface area (Å²) >= 11 is 0. The summed E-state index contributed by atoms with van der Waals surface area (Å²) in [5, 5.41) is 21.0. The fourth-order valence-electron chi connectivity index (χ4n) is 3.01. The number of aliphatic hydroxyl groups excluding tert-OH is 1. The third-order valence-electron chi connectivity index (χ3n) is 4.38. The Morgan fingerprint density at radius 3 is 2.96 bits per heavy atom. The number of hydrogen-bond donors (Lipinski definition) is 3. The van der Waals surface area contributed by atoms with Crippen molar-refractivity contribution in [2.45, 2.75) is 18.9 Å². The molecular weight excluding hydrogens is 334 g/mol. The lowest BCUT2D eigenvalue weighted by atomic mass is 9.97. The minimum absolute atomic E-state index is 0.195. The van der Waals surface area contributed by atoms with E-state index >= 15 is 0 Å². The average molecular weight is 357 g/mol. The summed E-state index contributed by atoms with van der Waals surface area (Å²) in [6, 6.07) is 15.3. The zero-order valence-electron chi connectivity index (χ0n) is 14.4. The lowest BCUT2D eigenvalue weighted by Crippen LogP contribution is -2.26. The van der Waals surface area contributed by atoms with Gasteiger partial charge in [-0.25, -0.2) is 4.79 Å². The fraction of sp³-hybridized carbons (Fsp3) is 0.350. The number of nitrogens with one attached hydrogen (secondary N) is 1. The predicted octanol–water partition coefficient (Wildman–Crippen LogP) is 3.01. The van der Waals surface area contributed by atoms with Crippen molar-refractivity contribution < 1.29 is 24.5 Å². The van der Waals surface area contributed by atoms with Crippen molar-refractivity contribution in [1.82, 2.24) is 5.32 Å². The van der Waals surface area contributed by atoms with Gasteiger partial charge in [-0.2, -0.15) is 0 Å². The van der Waals surface area contributed by atoms with E-state index < -0.39 is 12.2 Å². The van der Waals surface area contributed by atoms with Crippen LogP contribution in [0.5, 0.6) is 11.5 Å². The third kappa shape index (κ3) is 4.89. The van der Waals surface area contributed by atoms with Gasteiger partial charge in [-0.3, -0.25) is 0 Å². The molecule has 2 atom stereocenters. The summed E-state index contributed by atoms with van der Waals surface area (Å²) in [5.74, 6) is 1.91. The standard InChI is InChI=1S/C20H23NO5/c22-18(8-9-21-20(23)24)15-5-3-6-17(11-15)25-12-14-10-16-4-1-2-7-19(16)26-13-14/h1-7,11,14,18,21-22H,8-10,12-13H2,(H,23,24)/t14?,18-/m1/s1. The molecule has 1 unspecified atom stereocenters. The minimum atomic E-state index is -1.09. The Kier molecular flexibility index (Phi) is 5.96. The van der Waals surface area contributed by atoms with Gasteiger partial charge in [0.25, 0.3) is 0 Å². The molecule has 1 amide bonds. The van der Waals surface area contributed by atoms with Gasteiger partial charge in [0, 0.05) is 12.5 Å². The van der Waals surface area contributed by atoms with Crippen LogP contribution >= 0.6 is 0 Å². The van der Waals surface area contributed by atoms with E-state index in [1.807, 2.05) is 30.3 Å². The van der Waals surface area contributed by atoms with Gasteiger partial charge in [-0.15, -0.1) is 0 Å². The molecule has 3 rings (SSSR count). The first-order valence-corrected chi connectivity index (χ1v) is 8.70. The van der Waals surface area contributed by atoms with Crippen LogP contribution in [0.4, 0.5) is 4.79 Å². The Morgan fingerprint density at radius 1 is 1.27 bits per heavy atom. The summed E-state index contributed by atoms with van der Waals surface area (Å²) in [7, 11) is 0. The summed E-state index contributed by atoms with van der Waals surface area (Å²) in [6.45, 7) is 1.36. The Morgan fingerprint density at radius 2 is 2.12 bits per heavy atom. The Hall–Kier alpha value is -2.73. The van der Waals surface area contributed by atoms with Crippen molar-refractivity contribution in [1.29, 1.82) is 0 Å². The van der Waals surface area contributed by atoms with Crippen LogP contribution in [0.2, 0.25) is 0 Å². The number of hydrogen-bond acceptors (Lipinski definition) is 4. The Bertz CT molecular complexity index is 748. The highest BCUT2D eigenvalue weighted by molar-refractivity contribution is 5.64. The smallest absolute Gasteiger partial charge is 0.404 e. The van der Waals surface area contributed by atoms with Gasteiger partial charge >= 0.3 is 6.09 Å². The van der Waals surface area contributed by atoms with Gasteiger partial charge in [-0.1, -0.05) is 30.3 Å². The number of aliphatic hydroxyl groups is 1. The van der Waals surface area contributed by atoms with Crippen LogP contribution in [0, 0.1) is 5.92 Å². The normalized spacial score (nSPS) is 16.9. The molecule has 3 N–H and O–H groups in total.